The van der Waals surface area contributed by atoms with Gasteiger partial charge in [-0.15, -0.1) is 0 Å². The van der Waals surface area contributed by atoms with Crippen LogP contribution in [0.2, 0.25) is 0 Å². The highest BCUT2D eigenvalue weighted by molar-refractivity contribution is 9.10. The van der Waals surface area contributed by atoms with Crippen LogP contribution in [0.25, 0.3) is 0 Å². The Balaban J connectivity index is 2.31. The van der Waals surface area contributed by atoms with Crippen molar-refractivity contribution in [2.75, 3.05) is 0 Å². The summed E-state index contributed by atoms with van der Waals surface area (Å²) in [7, 11) is 0. The molecule has 13 heavy (non-hydrogen) atoms. The lowest BCUT2D eigenvalue weighted by Gasteiger charge is -2.09. The van der Waals surface area contributed by atoms with E-state index in [0.29, 0.717) is 10.0 Å². The second kappa shape index (κ2) is 3.35. The lowest BCUT2D eigenvalue weighted by molar-refractivity contribution is 0.148. The molecule has 1 atom stereocenters. The molecule has 70 valence electrons. The van der Waals surface area contributed by atoms with Crippen LogP contribution in [0.4, 0.5) is 4.39 Å². The summed E-state index contributed by atoms with van der Waals surface area (Å²) in [6.45, 7) is 0. The lowest BCUT2D eigenvalue weighted by Crippen LogP contribution is -2.04. The first kappa shape index (κ1) is 9.09. The lowest BCUT2D eigenvalue weighted by atomic mass is 10.1. The maximum Gasteiger partial charge on any atom is 0.218 e. The van der Waals surface area contributed by atoms with Crippen LogP contribution in [0.15, 0.2) is 16.7 Å². The Kier molecular flexibility index (Phi) is 2.34. The number of nitrogens with zero attached hydrogens (tertiary/aromatic N) is 1. The molecule has 2 nitrogen and oxygen atoms in total. The summed E-state index contributed by atoms with van der Waals surface area (Å²) in [6, 6.07) is 1.59. The van der Waals surface area contributed by atoms with Gasteiger partial charge in [0, 0.05) is 16.2 Å². The van der Waals surface area contributed by atoms with E-state index in [1.807, 2.05) is 0 Å². The van der Waals surface area contributed by atoms with E-state index in [1.54, 1.807) is 6.07 Å². The fraction of sp³-hybridized carbons (Fsp3) is 0.444. The third-order valence-electron chi connectivity index (χ3n) is 2.22. The minimum atomic E-state index is -0.690. The van der Waals surface area contributed by atoms with Crippen molar-refractivity contribution in [3.63, 3.8) is 0 Å². The maximum absolute atomic E-state index is 13.1. The van der Waals surface area contributed by atoms with E-state index in [9.17, 15) is 9.50 Å². The molecule has 0 bridgehead atoms. The van der Waals surface area contributed by atoms with E-state index < -0.39 is 12.1 Å². The van der Waals surface area contributed by atoms with Gasteiger partial charge < -0.3 is 5.11 Å². The molecule has 1 aromatic heterocycles. The molecule has 2 rings (SSSR count). The van der Waals surface area contributed by atoms with Crippen LogP contribution in [0.3, 0.4) is 0 Å². The Hall–Kier alpha value is -0.480. The number of aromatic nitrogens is 1. The van der Waals surface area contributed by atoms with Gasteiger partial charge in [-0.25, -0.2) is 4.98 Å². The number of hydrogen-bond donors (Lipinski definition) is 1. The number of halogens is 2. The molecule has 1 aromatic rings. The van der Waals surface area contributed by atoms with E-state index in [-0.39, 0.29) is 5.92 Å². The van der Waals surface area contributed by atoms with Crippen molar-refractivity contribution in [1.82, 2.24) is 4.98 Å². The second-order valence-electron chi connectivity index (χ2n) is 3.32. The first-order chi connectivity index (χ1) is 6.18. The molecule has 1 aliphatic carbocycles. The van der Waals surface area contributed by atoms with Crippen LogP contribution in [0, 0.1) is 11.9 Å². The number of pyridine rings is 1. The third kappa shape index (κ3) is 1.89. The third-order valence-corrected chi connectivity index (χ3v) is 2.65. The number of aliphatic hydroxyl groups is 1. The summed E-state index contributed by atoms with van der Waals surface area (Å²) < 4.78 is 13.8. The zero-order valence-electron chi connectivity index (χ0n) is 6.87. The second-order valence-corrected chi connectivity index (χ2v) is 4.23. The minimum Gasteiger partial charge on any atom is -0.388 e. The van der Waals surface area contributed by atoms with E-state index in [4.69, 9.17) is 0 Å². The summed E-state index contributed by atoms with van der Waals surface area (Å²) in [4.78, 5) is 3.54. The number of hydrogen-bond acceptors (Lipinski definition) is 2. The molecule has 4 heteroatoms. The van der Waals surface area contributed by atoms with Crippen molar-refractivity contribution in [3.05, 3.63) is 28.2 Å². The summed E-state index contributed by atoms with van der Waals surface area (Å²) in [5, 5.41) is 9.66. The van der Waals surface area contributed by atoms with Gasteiger partial charge in [0.2, 0.25) is 5.95 Å². The van der Waals surface area contributed by atoms with Crippen molar-refractivity contribution in [2.45, 2.75) is 18.9 Å². The van der Waals surface area contributed by atoms with Crippen LogP contribution in [-0.2, 0) is 0 Å². The highest BCUT2D eigenvalue weighted by Gasteiger charge is 2.32. The summed E-state index contributed by atoms with van der Waals surface area (Å²) in [5.74, 6) is -0.340. The summed E-state index contributed by atoms with van der Waals surface area (Å²) in [6.07, 6.45) is 2.66. The van der Waals surface area contributed by atoms with Gasteiger partial charge in [0.25, 0.3) is 0 Å². The predicted molar refractivity (Wildman–Crippen MR) is 49.6 cm³/mol. The molecular weight excluding hydrogens is 237 g/mol. The molecule has 0 saturated heterocycles. The average molecular weight is 246 g/mol. The van der Waals surface area contributed by atoms with Crippen LogP contribution in [-0.4, -0.2) is 10.1 Å². The zero-order valence-corrected chi connectivity index (χ0v) is 8.46. The molecule has 1 N–H and O–H groups in total. The highest BCUT2D eigenvalue weighted by atomic mass is 79.9. The van der Waals surface area contributed by atoms with E-state index >= 15 is 0 Å². The van der Waals surface area contributed by atoms with Gasteiger partial charge in [0.05, 0.1) is 6.10 Å². The van der Waals surface area contributed by atoms with Gasteiger partial charge in [-0.05, 0) is 40.8 Å². The first-order valence-corrected chi connectivity index (χ1v) is 4.97. The van der Waals surface area contributed by atoms with E-state index in [2.05, 4.69) is 20.9 Å². The molecule has 0 aromatic carbocycles. The standard InChI is InChI=1S/C9H9BrFNO/c10-6-3-7(9(11)12-4-6)8(13)5-1-2-5/h3-5,8,13H,1-2H2. The molecule has 1 aliphatic rings. The molecule has 1 unspecified atom stereocenters. The Labute approximate surface area is 83.9 Å². The predicted octanol–water partition coefficient (Wildman–Crippen LogP) is 2.43. The number of aliphatic hydroxyl groups excluding tert-OH is 1. The monoisotopic (exact) mass is 245 g/mol. The summed E-state index contributed by atoms with van der Waals surface area (Å²) in [5.41, 5.74) is 0.303. The fourth-order valence-corrected chi connectivity index (χ4v) is 1.66. The van der Waals surface area contributed by atoms with Crippen molar-refractivity contribution in [3.8, 4) is 0 Å². The van der Waals surface area contributed by atoms with Crippen LogP contribution >= 0.6 is 15.9 Å². The van der Waals surface area contributed by atoms with Gasteiger partial charge in [-0.3, -0.25) is 0 Å². The van der Waals surface area contributed by atoms with E-state index in [0.717, 1.165) is 12.8 Å². The summed E-state index contributed by atoms with van der Waals surface area (Å²) >= 11 is 3.19. The topological polar surface area (TPSA) is 33.1 Å². The van der Waals surface area contributed by atoms with Crippen molar-refractivity contribution < 1.29 is 9.50 Å². The molecule has 0 spiro atoms. The van der Waals surface area contributed by atoms with E-state index in [1.165, 1.54) is 6.20 Å². The van der Waals surface area contributed by atoms with Crippen molar-refractivity contribution in [1.29, 1.82) is 0 Å². The molecule has 0 radical (unpaired) electrons. The molecule has 1 saturated carbocycles. The van der Waals surface area contributed by atoms with Gasteiger partial charge >= 0.3 is 0 Å². The highest BCUT2D eigenvalue weighted by Crippen LogP contribution is 2.41. The first-order valence-electron chi connectivity index (χ1n) is 4.17. The maximum atomic E-state index is 13.1. The molecule has 0 amide bonds. The van der Waals surface area contributed by atoms with Crippen LogP contribution in [0.5, 0.6) is 0 Å². The van der Waals surface area contributed by atoms with Crippen molar-refractivity contribution >= 4 is 15.9 Å². The van der Waals surface area contributed by atoms with Gasteiger partial charge in [0.1, 0.15) is 0 Å². The number of rotatable bonds is 2. The van der Waals surface area contributed by atoms with Gasteiger partial charge in [0.15, 0.2) is 0 Å². The normalized spacial score (nSPS) is 18.7. The minimum absolute atomic E-state index is 0.227. The average Bonchev–Trinajstić information content (AvgIpc) is 2.91. The van der Waals surface area contributed by atoms with Crippen molar-refractivity contribution in [2.24, 2.45) is 5.92 Å². The molecule has 1 fully saturated rings. The Bertz CT molecular complexity index is 327. The Morgan fingerprint density at radius 3 is 2.92 bits per heavy atom. The smallest absolute Gasteiger partial charge is 0.218 e. The Morgan fingerprint density at radius 2 is 2.31 bits per heavy atom. The SMILES string of the molecule is OC(c1cc(Br)cnc1F)C1CC1. The zero-order chi connectivity index (χ0) is 9.42. The molecular formula is C9H9BrFNO. The van der Waals surface area contributed by atoms with Crippen LogP contribution < -0.4 is 0 Å². The molecule has 1 heterocycles. The fourth-order valence-electron chi connectivity index (χ4n) is 1.31. The van der Waals surface area contributed by atoms with Gasteiger partial charge in [-0.2, -0.15) is 4.39 Å². The quantitative estimate of drug-likeness (QED) is 0.813. The Morgan fingerprint density at radius 1 is 1.62 bits per heavy atom. The van der Waals surface area contributed by atoms with Gasteiger partial charge in [-0.1, -0.05) is 0 Å². The van der Waals surface area contributed by atoms with Crippen LogP contribution in [0.1, 0.15) is 24.5 Å². The molecule has 0 aliphatic heterocycles. The largest absolute Gasteiger partial charge is 0.388 e.